The van der Waals surface area contributed by atoms with Crippen molar-refractivity contribution in [1.82, 2.24) is 15.0 Å². The Morgan fingerprint density at radius 1 is 1.56 bits per heavy atom. The molecule has 6 heteroatoms. The predicted molar refractivity (Wildman–Crippen MR) is 67.3 cm³/mol. The van der Waals surface area contributed by atoms with E-state index in [1.807, 2.05) is 6.92 Å². The number of hydrogen-bond donors (Lipinski definition) is 0. The van der Waals surface area contributed by atoms with Gasteiger partial charge in [-0.2, -0.15) is 16.3 Å². The molecule has 0 aliphatic carbocycles. The lowest BCUT2D eigenvalue weighted by molar-refractivity contribution is -0.0240. The van der Waals surface area contributed by atoms with Crippen molar-refractivity contribution in [3.63, 3.8) is 0 Å². The zero-order valence-corrected chi connectivity index (χ0v) is 11.0. The Hall–Kier alpha value is -1.24. The second kappa shape index (κ2) is 5.17. The van der Waals surface area contributed by atoms with Gasteiger partial charge < -0.3 is 9.26 Å². The van der Waals surface area contributed by atoms with Crippen molar-refractivity contribution in [2.45, 2.75) is 19.5 Å². The summed E-state index contributed by atoms with van der Waals surface area (Å²) in [5, 5.41) is 8.13. The normalized spacial score (nSPS) is 21.3. The van der Waals surface area contributed by atoms with Gasteiger partial charge in [0.2, 0.25) is 5.89 Å². The molecule has 1 aliphatic heterocycles. The molecule has 0 radical (unpaired) electrons. The first-order valence-electron chi connectivity index (χ1n) is 5.96. The maximum absolute atomic E-state index is 5.53. The van der Waals surface area contributed by atoms with Crippen molar-refractivity contribution in [3.05, 3.63) is 34.1 Å². The summed E-state index contributed by atoms with van der Waals surface area (Å²) >= 11 is 1.72. The van der Waals surface area contributed by atoms with E-state index in [2.05, 4.69) is 31.9 Å². The fourth-order valence-corrected chi connectivity index (χ4v) is 2.78. The van der Waals surface area contributed by atoms with Gasteiger partial charge in [0.1, 0.15) is 6.04 Å². The summed E-state index contributed by atoms with van der Waals surface area (Å²) in [5.41, 5.74) is 1.32. The standard InChI is InChI=1S/C12H15N3O2S/c1-9-13-12(17-14-9)11-7-16-4-3-15(11)6-10-2-5-18-8-10/h2,5,8,11H,3-4,6-7H2,1H3. The van der Waals surface area contributed by atoms with Crippen LogP contribution in [0.2, 0.25) is 0 Å². The summed E-state index contributed by atoms with van der Waals surface area (Å²) in [7, 11) is 0. The Morgan fingerprint density at radius 3 is 3.22 bits per heavy atom. The molecule has 0 spiro atoms. The fraction of sp³-hybridized carbons (Fsp3) is 0.500. The second-order valence-electron chi connectivity index (χ2n) is 4.37. The smallest absolute Gasteiger partial charge is 0.246 e. The second-order valence-corrected chi connectivity index (χ2v) is 5.15. The molecule has 0 saturated carbocycles. The summed E-state index contributed by atoms with van der Waals surface area (Å²) < 4.78 is 10.8. The lowest BCUT2D eigenvalue weighted by Crippen LogP contribution is -2.39. The van der Waals surface area contributed by atoms with Crippen LogP contribution >= 0.6 is 11.3 Å². The van der Waals surface area contributed by atoms with Crippen LogP contribution in [0.25, 0.3) is 0 Å². The van der Waals surface area contributed by atoms with E-state index >= 15 is 0 Å². The molecule has 96 valence electrons. The van der Waals surface area contributed by atoms with E-state index in [1.54, 1.807) is 11.3 Å². The van der Waals surface area contributed by atoms with Gasteiger partial charge in [0.05, 0.1) is 13.2 Å². The number of ether oxygens (including phenoxy) is 1. The van der Waals surface area contributed by atoms with Crippen LogP contribution in [0.1, 0.15) is 23.3 Å². The van der Waals surface area contributed by atoms with Crippen molar-refractivity contribution in [2.75, 3.05) is 19.8 Å². The molecule has 2 aromatic heterocycles. The summed E-state index contributed by atoms with van der Waals surface area (Å²) in [6.07, 6.45) is 0. The van der Waals surface area contributed by atoms with Crippen LogP contribution in [-0.2, 0) is 11.3 Å². The molecule has 18 heavy (non-hydrogen) atoms. The molecule has 3 heterocycles. The van der Waals surface area contributed by atoms with Crippen LogP contribution < -0.4 is 0 Å². The molecule has 1 unspecified atom stereocenters. The first-order chi connectivity index (χ1) is 8.83. The molecule has 0 N–H and O–H groups in total. The zero-order chi connectivity index (χ0) is 12.4. The number of aryl methyl sites for hydroxylation is 1. The van der Waals surface area contributed by atoms with Gasteiger partial charge >= 0.3 is 0 Å². The summed E-state index contributed by atoms with van der Waals surface area (Å²) in [6, 6.07) is 2.22. The van der Waals surface area contributed by atoms with E-state index in [1.165, 1.54) is 5.56 Å². The maximum atomic E-state index is 5.53. The van der Waals surface area contributed by atoms with Crippen LogP contribution in [-0.4, -0.2) is 34.8 Å². The van der Waals surface area contributed by atoms with Crippen LogP contribution in [0.4, 0.5) is 0 Å². The van der Waals surface area contributed by atoms with Gasteiger partial charge in [0, 0.05) is 13.1 Å². The van der Waals surface area contributed by atoms with Crippen LogP contribution in [0.5, 0.6) is 0 Å². The lowest BCUT2D eigenvalue weighted by atomic mass is 10.2. The minimum Gasteiger partial charge on any atom is -0.378 e. The summed E-state index contributed by atoms with van der Waals surface area (Å²) in [6.45, 7) is 5.00. The SMILES string of the molecule is Cc1noc(C2COCCN2Cc2ccsc2)n1. The van der Waals surface area contributed by atoms with E-state index in [9.17, 15) is 0 Å². The topological polar surface area (TPSA) is 51.4 Å². The molecule has 1 fully saturated rings. The molecule has 1 saturated heterocycles. The molecule has 5 nitrogen and oxygen atoms in total. The van der Waals surface area contributed by atoms with E-state index in [-0.39, 0.29) is 6.04 Å². The Kier molecular flexibility index (Phi) is 3.40. The lowest BCUT2D eigenvalue weighted by Gasteiger charge is -2.32. The Balaban J connectivity index is 1.77. The van der Waals surface area contributed by atoms with Crippen molar-refractivity contribution >= 4 is 11.3 Å². The quantitative estimate of drug-likeness (QED) is 0.849. The van der Waals surface area contributed by atoms with Crippen LogP contribution in [0.15, 0.2) is 21.3 Å². The van der Waals surface area contributed by atoms with Crippen molar-refractivity contribution in [3.8, 4) is 0 Å². The van der Waals surface area contributed by atoms with Gasteiger partial charge in [-0.1, -0.05) is 5.16 Å². The van der Waals surface area contributed by atoms with Crippen LogP contribution in [0.3, 0.4) is 0 Å². The minimum absolute atomic E-state index is 0.0693. The third-order valence-electron chi connectivity index (χ3n) is 3.03. The number of rotatable bonds is 3. The van der Waals surface area contributed by atoms with Gasteiger partial charge in [0.25, 0.3) is 0 Å². The van der Waals surface area contributed by atoms with E-state index in [0.717, 1.165) is 19.7 Å². The Labute approximate surface area is 109 Å². The molecule has 0 amide bonds. The first kappa shape index (κ1) is 11.8. The highest BCUT2D eigenvalue weighted by Gasteiger charge is 2.29. The summed E-state index contributed by atoms with van der Waals surface area (Å²) in [5.74, 6) is 1.33. The average Bonchev–Trinajstić information content (AvgIpc) is 3.02. The van der Waals surface area contributed by atoms with Gasteiger partial charge in [-0.05, 0) is 29.3 Å². The number of hydrogen-bond acceptors (Lipinski definition) is 6. The van der Waals surface area contributed by atoms with Crippen molar-refractivity contribution < 1.29 is 9.26 Å². The third kappa shape index (κ3) is 2.45. The highest BCUT2D eigenvalue weighted by atomic mass is 32.1. The third-order valence-corrected chi connectivity index (χ3v) is 3.77. The van der Waals surface area contributed by atoms with E-state index in [4.69, 9.17) is 9.26 Å². The maximum Gasteiger partial charge on any atom is 0.246 e. The highest BCUT2D eigenvalue weighted by Crippen LogP contribution is 2.25. The molecule has 1 atom stereocenters. The largest absolute Gasteiger partial charge is 0.378 e. The minimum atomic E-state index is 0.0693. The number of thiophene rings is 1. The molecular weight excluding hydrogens is 250 g/mol. The fourth-order valence-electron chi connectivity index (χ4n) is 2.12. The molecule has 0 bridgehead atoms. The molecule has 3 rings (SSSR count). The van der Waals surface area contributed by atoms with Crippen LogP contribution in [0, 0.1) is 6.92 Å². The van der Waals surface area contributed by atoms with Crippen molar-refractivity contribution in [2.24, 2.45) is 0 Å². The number of aromatic nitrogens is 2. The monoisotopic (exact) mass is 265 g/mol. The van der Waals surface area contributed by atoms with E-state index < -0.39 is 0 Å². The van der Waals surface area contributed by atoms with Crippen molar-refractivity contribution in [1.29, 1.82) is 0 Å². The predicted octanol–water partition coefficient (Wildman–Crippen LogP) is 2.01. The Morgan fingerprint density at radius 2 is 2.50 bits per heavy atom. The van der Waals surface area contributed by atoms with Gasteiger partial charge in [0.15, 0.2) is 5.82 Å². The molecule has 2 aromatic rings. The summed E-state index contributed by atoms with van der Waals surface area (Å²) in [4.78, 5) is 6.65. The van der Waals surface area contributed by atoms with E-state index in [0.29, 0.717) is 18.3 Å². The molecular formula is C12H15N3O2S. The van der Waals surface area contributed by atoms with Gasteiger partial charge in [-0.15, -0.1) is 0 Å². The highest BCUT2D eigenvalue weighted by molar-refractivity contribution is 7.07. The zero-order valence-electron chi connectivity index (χ0n) is 10.2. The number of nitrogens with zero attached hydrogens (tertiary/aromatic N) is 3. The molecule has 0 aromatic carbocycles. The molecule has 1 aliphatic rings. The average molecular weight is 265 g/mol. The first-order valence-corrected chi connectivity index (χ1v) is 6.90. The number of morpholine rings is 1. The Bertz CT molecular complexity index is 497. The van der Waals surface area contributed by atoms with Gasteiger partial charge in [-0.25, -0.2) is 0 Å². The van der Waals surface area contributed by atoms with Gasteiger partial charge in [-0.3, -0.25) is 4.90 Å².